The van der Waals surface area contributed by atoms with Gasteiger partial charge in [0.05, 0.1) is 11.0 Å². The number of hydrogen-bond donors (Lipinski definition) is 1. The fourth-order valence-corrected chi connectivity index (χ4v) is 4.90. The second-order valence-electron chi connectivity index (χ2n) is 5.92. The molecule has 0 aliphatic heterocycles. The highest BCUT2D eigenvalue weighted by Gasteiger charge is 2.19. The number of fused-ring (bicyclic) bond motifs is 2. The van der Waals surface area contributed by atoms with E-state index < -0.39 is 9.04 Å². The summed E-state index contributed by atoms with van der Waals surface area (Å²) in [6.45, 7) is 0. The van der Waals surface area contributed by atoms with Gasteiger partial charge in [-0.2, -0.15) is 0 Å². The quantitative estimate of drug-likeness (QED) is 0.589. The molecule has 4 rings (SSSR count). The van der Waals surface area contributed by atoms with Crippen LogP contribution in [0.5, 0.6) is 0 Å². The molecule has 0 unspecified atom stereocenters. The van der Waals surface area contributed by atoms with E-state index in [-0.39, 0.29) is 0 Å². The van der Waals surface area contributed by atoms with E-state index in [0.29, 0.717) is 6.04 Å². The predicted molar refractivity (Wildman–Crippen MR) is 97.4 cm³/mol. The van der Waals surface area contributed by atoms with E-state index in [1.807, 2.05) is 48.0 Å². The van der Waals surface area contributed by atoms with Crippen LogP contribution < -0.4 is 5.45 Å². The molecule has 3 aromatic carbocycles. The van der Waals surface area contributed by atoms with Crippen LogP contribution in [-0.4, -0.2) is 23.4 Å². The first kappa shape index (κ1) is 14.2. The molecular weight excluding hydrogens is 300 g/mol. The first-order valence-corrected chi connectivity index (χ1v) is 9.70. The third kappa shape index (κ3) is 2.56. The molecule has 4 aromatic rings. The number of aryl methyl sites for hydroxylation is 1. The second-order valence-corrected chi connectivity index (χ2v) is 7.88. The first-order chi connectivity index (χ1) is 11.2. The van der Waals surface area contributed by atoms with Gasteiger partial charge in [0.15, 0.2) is 0 Å². The number of benzene rings is 3. The Morgan fingerprint density at radius 1 is 0.957 bits per heavy atom. The third-order valence-electron chi connectivity index (χ3n) is 4.36. The Hall–Kier alpha value is -2.43. The van der Waals surface area contributed by atoms with E-state index in [0.717, 1.165) is 16.5 Å². The van der Waals surface area contributed by atoms with E-state index >= 15 is 0 Å². The van der Waals surface area contributed by atoms with E-state index in [1.165, 1.54) is 16.3 Å². The number of imidazole rings is 1. The highest BCUT2D eigenvalue weighted by atomic mass is 28.3. The van der Waals surface area contributed by atoms with E-state index in [9.17, 15) is 4.80 Å². The molecule has 0 bridgehead atoms. The molecule has 0 aliphatic carbocycles. The topological polar surface area (TPSA) is 38.0 Å². The van der Waals surface area contributed by atoms with Crippen molar-refractivity contribution in [1.82, 2.24) is 9.55 Å². The number of rotatable bonds is 3. The van der Waals surface area contributed by atoms with Gasteiger partial charge in [-0.05, 0) is 34.5 Å². The molecule has 0 radical (unpaired) electrons. The number of nitrogens with zero attached hydrogens (tertiary/aromatic N) is 2. The zero-order valence-corrected chi connectivity index (χ0v) is 14.1. The highest BCUT2D eigenvalue weighted by Crippen LogP contribution is 2.16. The van der Waals surface area contributed by atoms with Crippen LogP contribution in [0.1, 0.15) is 5.56 Å². The van der Waals surface area contributed by atoms with E-state index in [2.05, 4.69) is 35.3 Å². The number of para-hydroxylation sites is 2. The van der Waals surface area contributed by atoms with Crippen LogP contribution >= 0.6 is 0 Å². The lowest BCUT2D eigenvalue weighted by atomic mass is 10.1. The molecule has 1 atom stereocenters. The molecular formula is C19H18N2OSi. The Morgan fingerprint density at radius 3 is 2.52 bits per heavy atom. The van der Waals surface area contributed by atoms with Crippen molar-refractivity contribution in [3.05, 3.63) is 72.3 Å². The van der Waals surface area contributed by atoms with Crippen molar-refractivity contribution in [3.63, 3.8) is 0 Å². The van der Waals surface area contributed by atoms with Gasteiger partial charge in [-0.3, -0.25) is 0 Å². The van der Waals surface area contributed by atoms with Gasteiger partial charge in [0.1, 0.15) is 5.45 Å². The fraction of sp³-hybridized carbons (Fsp3) is 0.105. The zero-order chi connectivity index (χ0) is 15.8. The third-order valence-corrected chi connectivity index (χ3v) is 6.33. The minimum absolute atomic E-state index is 0.696. The maximum atomic E-state index is 10.8. The summed E-state index contributed by atoms with van der Waals surface area (Å²) in [6, 6.07) is 23.5. The molecule has 0 saturated carbocycles. The minimum Gasteiger partial charge on any atom is -0.427 e. The van der Waals surface area contributed by atoms with Crippen molar-refractivity contribution in [3.8, 4) is 0 Å². The van der Waals surface area contributed by atoms with Crippen LogP contribution in [0, 0.1) is 0 Å². The molecule has 114 valence electrons. The van der Waals surface area contributed by atoms with Crippen LogP contribution in [0.2, 0.25) is 0 Å². The second kappa shape index (κ2) is 5.65. The summed E-state index contributed by atoms with van der Waals surface area (Å²) >= 11 is 0. The van der Waals surface area contributed by atoms with Crippen molar-refractivity contribution >= 4 is 36.3 Å². The number of hydrogen-bond acceptors (Lipinski definition) is 2. The summed E-state index contributed by atoms with van der Waals surface area (Å²) in [5.74, 6) is 0. The highest BCUT2D eigenvalue weighted by molar-refractivity contribution is 6.64. The molecule has 0 amide bonds. The number of aromatic nitrogens is 2. The van der Waals surface area contributed by atoms with E-state index in [4.69, 9.17) is 0 Å². The summed E-state index contributed by atoms with van der Waals surface area (Å²) in [6.07, 6.45) is 0. The molecule has 1 heterocycles. The lowest BCUT2D eigenvalue weighted by Gasteiger charge is -2.10. The first-order valence-electron chi connectivity index (χ1n) is 7.79. The van der Waals surface area contributed by atoms with Gasteiger partial charge in [0.25, 0.3) is 0 Å². The SMILES string of the molecule is Cn1c([Si@@H](O)Cc2ccc3ccccc3c2)nc2ccccc21. The molecule has 23 heavy (non-hydrogen) atoms. The van der Waals surface area contributed by atoms with Gasteiger partial charge in [-0.15, -0.1) is 0 Å². The van der Waals surface area contributed by atoms with Gasteiger partial charge in [-0.25, -0.2) is 4.98 Å². The lowest BCUT2D eigenvalue weighted by Crippen LogP contribution is -2.39. The Balaban J connectivity index is 1.67. The summed E-state index contributed by atoms with van der Waals surface area (Å²) in [7, 11) is -0.143. The average molecular weight is 318 g/mol. The van der Waals surface area contributed by atoms with Crippen LogP contribution in [-0.2, 0) is 13.1 Å². The van der Waals surface area contributed by atoms with Gasteiger partial charge in [0.2, 0.25) is 9.04 Å². The lowest BCUT2D eigenvalue weighted by molar-refractivity contribution is 0.578. The summed E-state index contributed by atoms with van der Waals surface area (Å²) in [4.78, 5) is 15.4. The van der Waals surface area contributed by atoms with Gasteiger partial charge < -0.3 is 9.36 Å². The van der Waals surface area contributed by atoms with Crippen molar-refractivity contribution < 1.29 is 4.80 Å². The molecule has 0 fully saturated rings. The molecule has 4 heteroatoms. The maximum Gasteiger partial charge on any atom is 0.249 e. The van der Waals surface area contributed by atoms with E-state index in [1.54, 1.807) is 0 Å². The molecule has 0 aliphatic rings. The van der Waals surface area contributed by atoms with Crippen LogP contribution in [0.15, 0.2) is 66.7 Å². The monoisotopic (exact) mass is 318 g/mol. The standard InChI is InChI=1S/C19H18N2OSi/c1-21-18-9-5-4-8-17(18)20-19(21)23(22)13-14-10-11-15-6-2-3-7-16(15)12-14/h2-12,22-23H,13H2,1H3/t23-/m0/s1. The zero-order valence-electron chi connectivity index (χ0n) is 13.0. The largest absolute Gasteiger partial charge is 0.427 e. The van der Waals surface area contributed by atoms with Gasteiger partial charge >= 0.3 is 0 Å². The van der Waals surface area contributed by atoms with Crippen molar-refractivity contribution in [2.45, 2.75) is 6.04 Å². The Kier molecular flexibility index (Phi) is 3.48. The molecule has 0 saturated heterocycles. The molecule has 1 N–H and O–H groups in total. The maximum absolute atomic E-state index is 10.8. The van der Waals surface area contributed by atoms with Gasteiger partial charge in [0, 0.05) is 7.05 Å². The van der Waals surface area contributed by atoms with Crippen LogP contribution in [0.4, 0.5) is 0 Å². The van der Waals surface area contributed by atoms with Crippen molar-refractivity contribution in [1.29, 1.82) is 0 Å². The van der Waals surface area contributed by atoms with Crippen molar-refractivity contribution in [2.24, 2.45) is 7.05 Å². The van der Waals surface area contributed by atoms with Crippen LogP contribution in [0.3, 0.4) is 0 Å². The molecule has 0 spiro atoms. The Morgan fingerprint density at radius 2 is 1.70 bits per heavy atom. The minimum atomic E-state index is -2.13. The van der Waals surface area contributed by atoms with Gasteiger partial charge in [-0.1, -0.05) is 54.6 Å². The smallest absolute Gasteiger partial charge is 0.249 e. The average Bonchev–Trinajstić information content (AvgIpc) is 2.92. The van der Waals surface area contributed by atoms with Crippen molar-refractivity contribution in [2.75, 3.05) is 0 Å². The summed E-state index contributed by atoms with van der Waals surface area (Å²) in [5.41, 5.74) is 4.05. The Labute approximate surface area is 136 Å². The molecule has 1 aromatic heterocycles. The summed E-state index contributed by atoms with van der Waals surface area (Å²) < 4.78 is 2.03. The van der Waals surface area contributed by atoms with Crippen LogP contribution in [0.25, 0.3) is 21.8 Å². The fourth-order valence-electron chi connectivity index (χ4n) is 3.14. The summed E-state index contributed by atoms with van der Waals surface area (Å²) in [5, 5.41) is 2.45. The predicted octanol–water partition coefficient (Wildman–Crippen LogP) is 2.43. The Bertz CT molecular complexity index is 993. The molecule has 3 nitrogen and oxygen atoms in total. The normalized spacial score (nSPS) is 12.8.